The van der Waals surface area contributed by atoms with Crippen molar-refractivity contribution in [3.8, 4) is 11.5 Å². The molecule has 7 nitrogen and oxygen atoms in total. The summed E-state index contributed by atoms with van der Waals surface area (Å²) in [4.78, 5) is 32.1. The molecule has 1 aromatic heterocycles. The maximum atomic E-state index is 13.9. The fourth-order valence-corrected chi connectivity index (χ4v) is 6.09. The summed E-state index contributed by atoms with van der Waals surface area (Å²) in [5, 5.41) is 0. The Morgan fingerprint density at radius 1 is 1.16 bits per heavy atom. The second-order valence-electron chi connectivity index (χ2n) is 9.14. The van der Waals surface area contributed by atoms with E-state index in [4.69, 9.17) is 14.2 Å². The highest BCUT2D eigenvalue weighted by Crippen LogP contribution is 2.35. The van der Waals surface area contributed by atoms with Crippen molar-refractivity contribution in [1.82, 2.24) is 4.57 Å². The largest absolute Gasteiger partial charge is 0.490 e. The van der Waals surface area contributed by atoms with Gasteiger partial charge in [-0.3, -0.25) is 9.36 Å². The van der Waals surface area contributed by atoms with Gasteiger partial charge in [-0.05, 0) is 93.5 Å². The van der Waals surface area contributed by atoms with Crippen LogP contribution in [0, 0.1) is 10.5 Å². The molecular weight excluding hydrogens is 615 g/mol. The molecule has 3 aromatic rings. The van der Waals surface area contributed by atoms with Crippen LogP contribution in [0.5, 0.6) is 11.5 Å². The average molecular weight is 647 g/mol. The van der Waals surface area contributed by atoms with E-state index in [-0.39, 0.29) is 18.3 Å². The van der Waals surface area contributed by atoms with E-state index in [9.17, 15) is 9.59 Å². The first-order valence-corrected chi connectivity index (χ1v) is 14.4. The Balaban J connectivity index is 1.90. The van der Waals surface area contributed by atoms with Crippen molar-refractivity contribution in [2.45, 2.75) is 53.7 Å². The standard InChI is InChI=1S/C29H31IN2O5S/c1-7-35-22-14-19(13-21(30)26(22)37-16(3)4)15-23-27(33)32-25(20-11-9-17(5)10-12-20)24(28(34)36-8-2)18(6)31-29(32)38-23/h9-16,25H,7-8H2,1-6H3/t25-/m0/s1. The molecule has 38 heavy (non-hydrogen) atoms. The monoisotopic (exact) mass is 646 g/mol. The first-order chi connectivity index (χ1) is 18.1. The van der Waals surface area contributed by atoms with Gasteiger partial charge in [-0.1, -0.05) is 41.2 Å². The third-order valence-electron chi connectivity index (χ3n) is 5.89. The Kier molecular flexibility index (Phi) is 8.77. The Morgan fingerprint density at radius 2 is 1.87 bits per heavy atom. The number of rotatable bonds is 8. The van der Waals surface area contributed by atoms with Gasteiger partial charge in [0.1, 0.15) is 0 Å². The molecule has 4 rings (SSSR count). The molecule has 0 N–H and O–H groups in total. The summed E-state index contributed by atoms with van der Waals surface area (Å²) in [5.74, 6) is 0.852. The Bertz CT molecular complexity index is 1570. The highest BCUT2D eigenvalue weighted by molar-refractivity contribution is 14.1. The molecular formula is C29H31IN2O5S. The van der Waals surface area contributed by atoms with Crippen molar-refractivity contribution in [1.29, 1.82) is 0 Å². The molecule has 0 saturated heterocycles. The average Bonchev–Trinajstić information content (AvgIpc) is 3.15. The van der Waals surface area contributed by atoms with Crippen molar-refractivity contribution < 1.29 is 19.0 Å². The number of fused-ring (bicyclic) bond motifs is 1. The van der Waals surface area contributed by atoms with Crippen LogP contribution >= 0.6 is 33.9 Å². The molecule has 0 aliphatic carbocycles. The molecule has 0 saturated carbocycles. The van der Waals surface area contributed by atoms with Crippen LogP contribution in [0.2, 0.25) is 0 Å². The summed E-state index contributed by atoms with van der Waals surface area (Å²) in [5.41, 5.74) is 3.42. The molecule has 1 aliphatic rings. The Morgan fingerprint density at radius 3 is 2.50 bits per heavy atom. The van der Waals surface area contributed by atoms with Gasteiger partial charge >= 0.3 is 5.97 Å². The molecule has 0 bridgehead atoms. The highest BCUT2D eigenvalue weighted by Gasteiger charge is 2.33. The van der Waals surface area contributed by atoms with Gasteiger partial charge in [0, 0.05) is 0 Å². The normalized spacial score (nSPS) is 15.4. The predicted molar refractivity (Wildman–Crippen MR) is 158 cm³/mol. The maximum Gasteiger partial charge on any atom is 0.338 e. The molecule has 0 spiro atoms. The van der Waals surface area contributed by atoms with E-state index in [2.05, 4.69) is 27.6 Å². The van der Waals surface area contributed by atoms with E-state index in [0.717, 1.165) is 20.3 Å². The zero-order chi connectivity index (χ0) is 27.6. The lowest BCUT2D eigenvalue weighted by Gasteiger charge is -2.24. The fourth-order valence-electron chi connectivity index (χ4n) is 4.29. The minimum absolute atomic E-state index is 0.00382. The van der Waals surface area contributed by atoms with E-state index >= 15 is 0 Å². The summed E-state index contributed by atoms with van der Waals surface area (Å²) >= 11 is 3.52. The van der Waals surface area contributed by atoms with Crippen LogP contribution in [-0.2, 0) is 9.53 Å². The van der Waals surface area contributed by atoms with E-state index in [1.807, 2.05) is 70.2 Å². The summed E-state index contributed by atoms with van der Waals surface area (Å²) in [6.07, 6.45) is 1.83. The van der Waals surface area contributed by atoms with Crippen LogP contribution < -0.4 is 24.4 Å². The zero-order valence-electron chi connectivity index (χ0n) is 22.3. The van der Waals surface area contributed by atoms with Gasteiger partial charge in [-0.2, -0.15) is 0 Å². The van der Waals surface area contributed by atoms with E-state index in [0.29, 0.717) is 38.7 Å². The minimum atomic E-state index is -0.631. The Labute approximate surface area is 239 Å². The number of carbonyl (C=O) groups is 1. The lowest BCUT2D eigenvalue weighted by molar-refractivity contribution is -0.139. The van der Waals surface area contributed by atoms with Gasteiger partial charge in [0.15, 0.2) is 16.3 Å². The molecule has 1 atom stereocenters. The number of ether oxygens (including phenoxy) is 3. The zero-order valence-corrected chi connectivity index (χ0v) is 25.3. The molecule has 2 aromatic carbocycles. The van der Waals surface area contributed by atoms with Gasteiger partial charge in [-0.25, -0.2) is 9.79 Å². The first kappa shape index (κ1) is 28.1. The van der Waals surface area contributed by atoms with Gasteiger partial charge in [0.2, 0.25) is 0 Å². The second-order valence-corrected chi connectivity index (χ2v) is 11.3. The smallest absolute Gasteiger partial charge is 0.338 e. The molecule has 0 fully saturated rings. The number of thiazole rings is 1. The number of esters is 1. The number of carbonyl (C=O) groups excluding carboxylic acids is 1. The van der Waals surface area contributed by atoms with Gasteiger partial charge in [0.05, 0.1) is 44.7 Å². The van der Waals surface area contributed by atoms with Crippen LogP contribution in [-0.4, -0.2) is 29.9 Å². The first-order valence-electron chi connectivity index (χ1n) is 12.5. The van der Waals surface area contributed by atoms with Crippen LogP contribution in [0.15, 0.2) is 57.5 Å². The van der Waals surface area contributed by atoms with Gasteiger partial charge in [0.25, 0.3) is 5.56 Å². The molecule has 0 amide bonds. The summed E-state index contributed by atoms with van der Waals surface area (Å²) in [6.45, 7) is 12.1. The number of aromatic nitrogens is 1. The number of aryl methyl sites for hydroxylation is 1. The van der Waals surface area contributed by atoms with E-state index in [1.165, 1.54) is 11.3 Å². The molecule has 9 heteroatoms. The fraction of sp³-hybridized carbons (Fsp3) is 0.345. The Hall–Kier alpha value is -2.92. The van der Waals surface area contributed by atoms with Crippen LogP contribution in [0.25, 0.3) is 6.08 Å². The van der Waals surface area contributed by atoms with Crippen LogP contribution in [0.1, 0.15) is 57.4 Å². The van der Waals surface area contributed by atoms with Crippen molar-refractivity contribution in [3.05, 3.63) is 87.6 Å². The minimum Gasteiger partial charge on any atom is -0.490 e. The molecule has 2 heterocycles. The third kappa shape index (κ3) is 5.73. The van der Waals surface area contributed by atoms with Crippen LogP contribution in [0.3, 0.4) is 0 Å². The molecule has 1 aliphatic heterocycles. The van der Waals surface area contributed by atoms with Gasteiger partial charge in [-0.15, -0.1) is 0 Å². The molecule has 0 unspecified atom stereocenters. The number of hydrogen-bond donors (Lipinski definition) is 0. The lowest BCUT2D eigenvalue weighted by Crippen LogP contribution is -2.39. The summed E-state index contributed by atoms with van der Waals surface area (Å²) < 4.78 is 20.2. The van der Waals surface area contributed by atoms with Crippen molar-refractivity contribution in [2.75, 3.05) is 13.2 Å². The number of nitrogens with zero attached hydrogens (tertiary/aromatic N) is 2. The third-order valence-corrected chi connectivity index (χ3v) is 7.68. The summed E-state index contributed by atoms with van der Waals surface area (Å²) in [7, 11) is 0. The predicted octanol–water partition coefficient (Wildman–Crippen LogP) is 4.90. The highest BCUT2D eigenvalue weighted by atomic mass is 127. The second kappa shape index (κ2) is 11.9. The number of hydrogen-bond acceptors (Lipinski definition) is 7. The maximum absolute atomic E-state index is 13.9. The van der Waals surface area contributed by atoms with Crippen LogP contribution in [0.4, 0.5) is 0 Å². The number of benzene rings is 2. The number of halogens is 1. The summed E-state index contributed by atoms with van der Waals surface area (Å²) in [6, 6.07) is 11.1. The van der Waals surface area contributed by atoms with Gasteiger partial charge < -0.3 is 14.2 Å². The van der Waals surface area contributed by atoms with E-state index < -0.39 is 12.0 Å². The van der Waals surface area contributed by atoms with Crippen molar-refractivity contribution >= 4 is 46.0 Å². The molecule has 0 radical (unpaired) electrons. The van der Waals surface area contributed by atoms with Crippen molar-refractivity contribution in [2.24, 2.45) is 4.99 Å². The molecule has 200 valence electrons. The van der Waals surface area contributed by atoms with E-state index in [1.54, 1.807) is 18.4 Å². The van der Waals surface area contributed by atoms with Crippen molar-refractivity contribution in [3.63, 3.8) is 0 Å². The number of allylic oxidation sites excluding steroid dienone is 1. The topological polar surface area (TPSA) is 79.1 Å². The lowest BCUT2D eigenvalue weighted by atomic mass is 9.95. The quantitative estimate of drug-likeness (QED) is 0.257. The SMILES string of the molecule is CCOC(=O)C1=C(C)N=c2sc(=Cc3cc(I)c(OC(C)C)c(OCC)c3)c(=O)n2[C@H]1c1ccc(C)cc1.